The molecule has 0 spiro atoms. The van der Waals surface area contributed by atoms with Crippen LogP contribution in [0.2, 0.25) is 0 Å². The van der Waals surface area contributed by atoms with Crippen LogP contribution in [0.3, 0.4) is 0 Å². The standard InChI is InChI=1S/C30H20FN5O2S/c1-16(28-24(18-8-6-9-19(31)13-18)27(37)20-10-3-4-11-21(20)38-28)36-30-25(29(32)33-15-34-30)26(35-36)23-14-17-7-2-5-12-22(17)39-23/h2-16H,1H3,(H2,32,33,34). The molecule has 39 heavy (non-hydrogen) atoms. The summed E-state index contributed by atoms with van der Waals surface area (Å²) in [6.45, 7) is 1.87. The van der Waals surface area contributed by atoms with Crippen LogP contribution < -0.4 is 11.2 Å². The summed E-state index contributed by atoms with van der Waals surface area (Å²) in [4.78, 5) is 23.4. The Kier molecular flexibility index (Phi) is 5.27. The fourth-order valence-electron chi connectivity index (χ4n) is 5.02. The number of nitrogen functional groups attached to an aromatic ring is 1. The second-order valence-corrected chi connectivity index (χ2v) is 10.3. The lowest BCUT2D eigenvalue weighted by Crippen LogP contribution is -2.16. The average molecular weight is 534 g/mol. The maximum atomic E-state index is 14.3. The fraction of sp³-hybridized carbons (Fsp3) is 0.0667. The second kappa shape index (κ2) is 8.85. The fourth-order valence-corrected chi connectivity index (χ4v) is 6.07. The zero-order valence-corrected chi connectivity index (χ0v) is 21.4. The van der Waals surface area contributed by atoms with Gasteiger partial charge in [-0.25, -0.2) is 19.0 Å². The second-order valence-electron chi connectivity index (χ2n) is 9.25. The third kappa shape index (κ3) is 3.70. The van der Waals surface area contributed by atoms with E-state index >= 15 is 0 Å². The first-order valence-electron chi connectivity index (χ1n) is 12.3. The molecule has 7 aromatic rings. The van der Waals surface area contributed by atoms with Gasteiger partial charge in [0, 0.05) is 4.70 Å². The molecule has 0 fully saturated rings. The first-order chi connectivity index (χ1) is 19.0. The zero-order chi connectivity index (χ0) is 26.7. The Bertz CT molecular complexity index is 2080. The van der Waals surface area contributed by atoms with Gasteiger partial charge in [0.2, 0.25) is 5.43 Å². The lowest BCUT2D eigenvalue weighted by Gasteiger charge is -2.17. The van der Waals surface area contributed by atoms with Gasteiger partial charge in [-0.1, -0.05) is 42.5 Å². The van der Waals surface area contributed by atoms with Crippen LogP contribution in [0.1, 0.15) is 18.7 Å². The predicted octanol–water partition coefficient (Wildman–Crippen LogP) is 6.81. The molecule has 9 heteroatoms. The molecule has 0 amide bonds. The molecule has 0 saturated carbocycles. The SMILES string of the molecule is CC(c1oc2ccccc2c(=O)c1-c1cccc(F)c1)n1nc(-c2cc3ccccc3s2)c2c(N)ncnc21. The molecule has 190 valence electrons. The summed E-state index contributed by atoms with van der Waals surface area (Å²) in [7, 11) is 0. The van der Waals surface area contributed by atoms with Gasteiger partial charge in [0.15, 0.2) is 5.65 Å². The van der Waals surface area contributed by atoms with Gasteiger partial charge in [0.25, 0.3) is 0 Å². The van der Waals surface area contributed by atoms with Crippen LogP contribution >= 0.6 is 11.3 Å². The van der Waals surface area contributed by atoms with E-state index in [4.69, 9.17) is 15.2 Å². The molecule has 4 aromatic heterocycles. The van der Waals surface area contributed by atoms with Crippen LogP contribution in [0.4, 0.5) is 10.2 Å². The van der Waals surface area contributed by atoms with Crippen LogP contribution in [0.25, 0.3) is 53.8 Å². The molecule has 4 heterocycles. The lowest BCUT2D eigenvalue weighted by atomic mass is 9.99. The van der Waals surface area contributed by atoms with Crippen molar-refractivity contribution in [1.82, 2.24) is 19.7 Å². The molecule has 7 rings (SSSR count). The molecule has 7 nitrogen and oxygen atoms in total. The van der Waals surface area contributed by atoms with Gasteiger partial charge in [-0.15, -0.1) is 11.3 Å². The van der Waals surface area contributed by atoms with E-state index in [0.29, 0.717) is 44.8 Å². The van der Waals surface area contributed by atoms with Crippen molar-refractivity contribution in [3.63, 3.8) is 0 Å². The molecule has 1 unspecified atom stereocenters. The molecule has 0 bridgehead atoms. The molecule has 0 aliphatic heterocycles. The Labute approximate surface area is 225 Å². The molecule has 0 aliphatic carbocycles. The Morgan fingerprint density at radius 3 is 2.67 bits per heavy atom. The number of aromatic nitrogens is 4. The van der Waals surface area contributed by atoms with Crippen LogP contribution in [-0.2, 0) is 0 Å². The van der Waals surface area contributed by atoms with Crippen LogP contribution in [0.5, 0.6) is 0 Å². The molecule has 2 N–H and O–H groups in total. The van der Waals surface area contributed by atoms with Crippen LogP contribution in [0, 0.1) is 5.82 Å². The minimum Gasteiger partial charge on any atom is -0.458 e. The highest BCUT2D eigenvalue weighted by Crippen LogP contribution is 2.40. The van der Waals surface area contributed by atoms with Gasteiger partial charge in [0.05, 0.1) is 21.2 Å². The Hall–Kier alpha value is -4.89. The number of nitrogens with zero attached hydrogens (tertiary/aromatic N) is 4. The number of nitrogens with two attached hydrogens (primary N) is 1. The maximum Gasteiger partial charge on any atom is 0.200 e. The molecule has 0 radical (unpaired) electrons. The topological polar surface area (TPSA) is 99.8 Å². The van der Waals surface area contributed by atoms with Crippen molar-refractivity contribution in [2.75, 3.05) is 5.73 Å². The summed E-state index contributed by atoms with van der Waals surface area (Å²) in [5.74, 6) is 0.195. The molecule has 3 aromatic carbocycles. The largest absolute Gasteiger partial charge is 0.458 e. The van der Waals surface area contributed by atoms with Crippen molar-refractivity contribution < 1.29 is 8.81 Å². The minimum absolute atomic E-state index is 0.250. The van der Waals surface area contributed by atoms with E-state index in [1.54, 1.807) is 52.4 Å². The van der Waals surface area contributed by atoms with Gasteiger partial charge in [-0.3, -0.25) is 4.79 Å². The van der Waals surface area contributed by atoms with E-state index in [9.17, 15) is 9.18 Å². The average Bonchev–Trinajstić information content (AvgIpc) is 3.55. The van der Waals surface area contributed by atoms with Crippen molar-refractivity contribution in [2.24, 2.45) is 0 Å². The summed E-state index contributed by atoms with van der Waals surface area (Å²) >= 11 is 1.60. The highest BCUT2D eigenvalue weighted by Gasteiger charge is 2.27. The summed E-state index contributed by atoms with van der Waals surface area (Å²) in [6.07, 6.45) is 1.39. The monoisotopic (exact) mass is 533 g/mol. The van der Waals surface area contributed by atoms with Crippen molar-refractivity contribution in [3.05, 3.63) is 107 Å². The normalized spacial score (nSPS) is 12.5. The summed E-state index contributed by atoms with van der Waals surface area (Å²) in [5.41, 5.74) is 8.39. The van der Waals surface area contributed by atoms with Gasteiger partial charge in [-0.05, 0) is 54.3 Å². The Balaban J connectivity index is 1.50. The predicted molar refractivity (Wildman–Crippen MR) is 152 cm³/mol. The van der Waals surface area contributed by atoms with Gasteiger partial charge in [-0.2, -0.15) is 5.10 Å². The third-order valence-electron chi connectivity index (χ3n) is 6.86. The quantitative estimate of drug-likeness (QED) is 0.267. The van der Waals surface area contributed by atoms with E-state index in [-0.39, 0.29) is 11.0 Å². The number of halogens is 1. The number of thiophene rings is 1. The number of fused-ring (bicyclic) bond motifs is 3. The first kappa shape index (κ1) is 23.2. The minimum atomic E-state index is -0.597. The van der Waals surface area contributed by atoms with Gasteiger partial charge in [0.1, 0.15) is 41.0 Å². The smallest absolute Gasteiger partial charge is 0.200 e. The van der Waals surface area contributed by atoms with E-state index in [1.807, 2.05) is 25.1 Å². The third-order valence-corrected chi connectivity index (χ3v) is 7.98. The molecular formula is C30H20FN5O2S. The zero-order valence-electron chi connectivity index (χ0n) is 20.6. The van der Waals surface area contributed by atoms with Crippen molar-refractivity contribution in [3.8, 4) is 21.7 Å². The molecule has 0 saturated heterocycles. The van der Waals surface area contributed by atoms with Gasteiger partial charge < -0.3 is 10.2 Å². The van der Waals surface area contributed by atoms with Crippen LogP contribution in [-0.4, -0.2) is 19.7 Å². The first-order valence-corrected chi connectivity index (χ1v) is 13.1. The van der Waals surface area contributed by atoms with Crippen molar-refractivity contribution in [2.45, 2.75) is 13.0 Å². The number of rotatable bonds is 4. The number of benzene rings is 3. The summed E-state index contributed by atoms with van der Waals surface area (Å²) in [6, 6.07) is 22.5. The Morgan fingerprint density at radius 2 is 1.82 bits per heavy atom. The highest BCUT2D eigenvalue weighted by molar-refractivity contribution is 7.22. The number of anilines is 1. The number of para-hydroxylation sites is 1. The molecule has 0 aliphatic rings. The van der Waals surface area contributed by atoms with Crippen molar-refractivity contribution >= 4 is 49.2 Å². The highest BCUT2D eigenvalue weighted by atomic mass is 32.1. The molecular weight excluding hydrogens is 513 g/mol. The summed E-state index contributed by atoms with van der Waals surface area (Å²) in [5, 5.41) is 7.09. The summed E-state index contributed by atoms with van der Waals surface area (Å²) < 4.78 is 23.5. The maximum absolute atomic E-state index is 14.3. The lowest BCUT2D eigenvalue weighted by molar-refractivity contribution is 0.446. The Morgan fingerprint density at radius 1 is 1.00 bits per heavy atom. The van der Waals surface area contributed by atoms with Crippen LogP contribution in [0.15, 0.2) is 94.4 Å². The number of hydrogen-bond donors (Lipinski definition) is 1. The number of hydrogen-bond acceptors (Lipinski definition) is 7. The van der Waals surface area contributed by atoms with E-state index in [0.717, 1.165) is 15.0 Å². The molecule has 1 atom stereocenters. The van der Waals surface area contributed by atoms with E-state index < -0.39 is 11.9 Å². The van der Waals surface area contributed by atoms with Crippen molar-refractivity contribution in [1.29, 1.82) is 0 Å². The van der Waals surface area contributed by atoms with E-state index in [2.05, 4.69) is 22.1 Å². The van der Waals surface area contributed by atoms with E-state index in [1.165, 1.54) is 18.5 Å². The van der Waals surface area contributed by atoms with Gasteiger partial charge >= 0.3 is 0 Å².